The maximum atomic E-state index is 14.5. The summed E-state index contributed by atoms with van der Waals surface area (Å²) in [4.78, 5) is 42.2. The van der Waals surface area contributed by atoms with Crippen LogP contribution in [-0.2, 0) is 25.7 Å². The molecule has 238 valence electrons. The van der Waals surface area contributed by atoms with Gasteiger partial charge in [-0.2, -0.15) is 5.26 Å². The van der Waals surface area contributed by atoms with Crippen LogP contribution in [0.1, 0.15) is 118 Å². The molecule has 4 saturated carbocycles. The highest BCUT2D eigenvalue weighted by atomic mass is 16.5. The van der Waals surface area contributed by atoms with Crippen molar-refractivity contribution >= 4 is 17.5 Å². The molecule has 2 unspecified atom stereocenters. The first-order chi connectivity index (χ1) is 20.6. The second-order valence-corrected chi connectivity index (χ2v) is 16.5. The van der Waals surface area contributed by atoms with Gasteiger partial charge >= 0.3 is 5.97 Å². The summed E-state index contributed by atoms with van der Waals surface area (Å²) in [5.74, 6) is 0.266. The number of ketones is 2. The molecule has 0 saturated heterocycles. The molecular formula is C39H53NO4. The fraction of sp³-hybridized carbons (Fsp3) is 0.692. The molecule has 4 aliphatic rings. The lowest BCUT2D eigenvalue weighted by Gasteiger charge is -2.68. The van der Waals surface area contributed by atoms with Crippen LogP contribution in [-0.4, -0.2) is 17.5 Å². The summed E-state index contributed by atoms with van der Waals surface area (Å²) in [5, 5.41) is 9.68. The number of benzene rings is 1. The summed E-state index contributed by atoms with van der Waals surface area (Å²) in [5.41, 5.74) is -0.223. The smallest absolute Gasteiger partial charge is 0.312 e. The van der Waals surface area contributed by atoms with Crippen LogP contribution in [0, 0.1) is 62.1 Å². The molecule has 0 radical (unpaired) electrons. The van der Waals surface area contributed by atoms with Crippen LogP contribution in [0.4, 0.5) is 0 Å². The largest absolute Gasteiger partial charge is 0.460 e. The maximum absolute atomic E-state index is 14.5. The van der Waals surface area contributed by atoms with Gasteiger partial charge in [0.1, 0.15) is 18.5 Å². The average molecular weight is 600 g/mol. The van der Waals surface area contributed by atoms with Crippen molar-refractivity contribution < 1.29 is 19.1 Å². The number of rotatable bonds is 7. The van der Waals surface area contributed by atoms with Crippen LogP contribution in [0.2, 0.25) is 0 Å². The zero-order valence-corrected chi connectivity index (χ0v) is 28.1. The van der Waals surface area contributed by atoms with Gasteiger partial charge in [-0.25, -0.2) is 0 Å². The lowest BCUT2D eigenvalue weighted by atomic mass is 9.35. The van der Waals surface area contributed by atoms with Crippen molar-refractivity contribution in [3.05, 3.63) is 47.5 Å². The minimum absolute atomic E-state index is 0.0216. The molecule has 0 aliphatic heterocycles. The van der Waals surface area contributed by atoms with Crippen LogP contribution in [0.15, 0.2) is 42.0 Å². The number of hydrogen-bond donors (Lipinski definition) is 0. The van der Waals surface area contributed by atoms with Gasteiger partial charge in [-0.3, -0.25) is 14.4 Å². The number of nitriles is 1. The van der Waals surface area contributed by atoms with E-state index in [4.69, 9.17) is 4.74 Å². The highest BCUT2D eigenvalue weighted by Gasteiger charge is 2.69. The second-order valence-electron chi connectivity index (χ2n) is 16.5. The number of allylic oxidation sites excluding steroid dienone is 2. The molecule has 5 rings (SSSR count). The lowest BCUT2D eigenvalue weighted by molar-refractivity contribution is -0.212. The number of carbonyl (C=O) groups excluding carboxylic acids is 3. The Balaban J connectivity index is 1.43. The van der Waals surface area contributed by atoms with E-state index in [0.29, 0.717) is 18.6 Å². The number of nitrogens with zero attached hydrogens (tertiary/aromatic N) is 1. The van der Waals surface area contributed by atoms with E-state index < -0.39 is 10.8 Å². The summed E-state index contributed by atoms with van der Waals surface area (Å²) in [6.07, 6.45) is 9.84. The van der Waals surface area contributed by atoms with Gasteiger partial charge in [-0.05, 0) is 97.3 Å². The average Bonchev–Trinajstić information content (AvgIpc) is 2.98. The van der Waals surface area contributed by atoms with Crippen LogP contribution in [0.3, 0.4) is 0 Å². The molecule has 4 aliphatic carbocycles. The Kier molecular flexibility index (Phi) is 8.58. The minimum atomic E-state index is -0.656. The van der Waals surface area contributed by atoms with E-state index in [0.717, 1.165) is 56.9 Å². The van der Waals surface area contributed by atoms with E-state index in [2.05, 4.69) is 33.8 Å². The van der Waals surface area contributed by atoms with Crippen molar-refractivity contribution in [3.8, 4) is 6.07 Å². The van der Waals surface area contributed by atoms with Crippen molar-refractivity contribution in [1.82, 2.24) is 0 Å². The van der Waals surface area contributed by atoms with Crippen molar-refractivity contribution in [1.29, 1.82) is 5.26 Å². The fourth-order valence-corrected chi connectivity index (χ4v) is 10.3. The highest BCUT2D eigenvalue weighted by Crippen LogP contribution is 2.72. The Morgan fingerprint density at radius 3 is 2.36 bits per heavy atom. The van der Waals surface area contributed by atoms with E-state index in [1.807, 2.05) is 51.1 Å². The normalized spacial score (nSPS) is 36.7. The summed E-state index contributed by atoms with van der Waals surface area (Å²) < 4.78 is 6.09. The van der Waals surface area contributed by atoms with Crippen molar-refractivity contribution in [2.45, 2.75) is 119 Å². The molecule has 1 aromatic carbocycles. The van der Waals surface area contributed by atoms with Crippen LogP contribution >= 0.6 is 0 Å². The molecule has 44 heavy (non-hydrogen) atoms. The molecule has 5 heteroatoms. The Hall–Kier alpha value is -2.74. The second kappa shape index (κ2) is 11.6. The predicted molar refractivity (Wildman–Crippen MR) is 172 cm³/mol. The zero-order chi connectivity index (χ0) is 32.1. The Labute approximate surface area is 265 Å². The number of hydrogen-bond acceptors (Lipinski definition) is 5. The van der Waals surface area contributed by atoms with E-state index in [1.54, 1.807) is 6.08 Å². The number of ether oxygens (including phenoxy) is 1. The number of Topliss-reactive ketones (excluding diaryl/α,β-unsaturated/α-hetero) is 2. The van der Waals surface area contributed by atoms with Crippen molar-refractivity contribution in [3.63, 3.8) is 0 Å². The van der Waals surface area contributed by atoms with Gasteiger partial charge in [0, 0.05) is 17.8 Å². The van der Waals surface area contributed by atoms with Gasteiger partial charge in [0.2, 0.25) is 0 Å². The third-order valence-electron chi connectivity index (χ3n) is 13.5. The van der Waals surface area contributed by atoms with Crippen LogP contribution in [0.5, 0.6) is 0 Å². The molecule has 4 fully saturated rings. The molecule has 0 spiro atoms. The van der Waals surface area contributed by atoms with Gasteiger partial charge in [0.15, 0.2) is 5.78 Å². The molecule has 0 heterocycles. The minimum Gasteiger partial charge on any atom is -0.460 e. The number of fused-ring (bicyclic) bond motifs is 5. The first kappa shape index (κ1) is 32.6. The van der Waals surface area contributed by atoms with E-state index in [-0.39, 0.29) is 63.8 Å². The first-order valence-electron chi connectivity index (χ1n) is 17.0. The Morgan fingerprint density at radius 1 is 1.02 bits per heavy atom. The standard InChI is InChI=1S/C39H53NO4/c1-8-12-27(24-40)33(42)36(4,5)28-15-16-37(6)29(21-28)22-31(41)32-30-23-35(2,3)17-19-39(30,20-18-38(32,37)7)34(43)44-25-26-13-10-9-11-14-26/h9-14,28-30,32H,8,15-23,25H2,1-7H3/b27-12-/t28-,29+,30?,32?,37-,38-,39+/m1/s1. The summed E-state index contributed by atoms with van der Waals surface area (Å²) in [7, 11) is 0. The summed E-state index contributed by atoms with van der Waals surface area (Å²) in [6, 6.07) is 12.0. The zero-order valence-electron chi connectivity index (χ0n) is 28.1. The molecule has 7 atom stereocenters. The van der Waals surface area contributed by atoms with Gasteiger partial charge in [-0.15, -0.1) is 0 Å². The highest BCUT2D eigenvalue weighted by molar-refractivity contribution is 6.02. The third-order valence-corrected chi connectivity index (χ3v) is 13.5. The van der Waals surface area contributed by atoms with Crippen molar-refractivity contribution in [2.24, 2.45) is 50.7 Å². The predicted octanol–water partition coefficient (Wildman–Crippen LogP) is 8.81. The van der Waals surface area contributed by atoms with Gasteiger partial charge in [0.05, 0.1) is 11.0 Å². The molecular weight excluding hydrogens is 546 g/mol. The fourth-order valence-electron chi connectivity index (χ4n) is 10.3. The van der Waals surface area contributed by atoms with E-state index in [9.17, 15) is 19.6 Å². The molecule has 1 aromatic rings. The third kappa shape index (κ3) is 5.19. The number of carbonyl (C=O) groups is 3. The topological polar surface area (TPSA) is 84.2 Å². The Bertz CT molecular complexity index is 1370. The van der Waals surface area contributed by atoms with E-state index in [1.165, 1.54) is 0 Å². The first-order valence-corrected chi connectivity index (χ1v) is 17.0. The molecule has 0 N–H and O–H groups in total. The summed E-state index contributed by atoms with van der Waals surface area (Å²) >= 11 is 0. The molecule has 5 nitrogen and oxygen atoms in total. The SMILES string of the molecule is CC/C=C(/C#N)C(=O)C(C)(C)[C@@H]1CC[C@]2(C)[C@H](CC(=O)C3C4CC(C)(C)CC[C@]4(C(=O)OCc4ccccc4)CC[C@]32C)C1. The molecule has 0 amide bonds. The van der Waals surface area contributed by atoms with Crippen LogP contribution < -0.4 is 0 Å². The van der Waals surface area contributed by atoms with Gasteiger partial charge < -0.3 is 4.74 Å². The quantitative estimate of drug-likeness (QED) is 0.178. The van der Waals surface area contributed by atoms with Gasteiger partial charge in [0.25, 0.3) is 0 Å². The van der Waals surface area contributed by atoms with Gasteiger partial charge in [-0.1, -0.05) is 84.9 Å². The number of esters is 1. The Morgan fingerprint density at radius 2 is 1.70 bits per heavy atom. The lowest BCUT2D eigenvalue weighted by Crippen LogP contribution is -2.66. The molecule has 0 aromatic heterocycles. The summed E-state index contributed by atoms with van der Waals surface area (Å²) in [6.45, 7) is 15.6. The monoisotopic (exact) mass is 599 g/mol. The molecule has 0 bridgehead atoms. The van der Waals surface area contributed by atoms with Crippen LogP contribution in [0.25, 0.3) is 0 Å². The van der Waals surface area contributed by atoms with Crippen molar-refractivity contribution in [2.75, 3.05) is 0 Å². The van der Waals surface area contributed by atoms with E-state index >= 15 is 0 Å². The maximum Gasteiger partial charge on any atom is 0.312 e.